The molecular weight excluding hydrogens is 376 g/mol. The highest BCUT2D eigenvalue weighted by Crippen LogP contribution is 2.23. The summed E-state index contributed by atoms with van der Waals surface area (Å²) in [5.41, 5.74) is 1.39. The van der Waals surface area contributed by atoms with Crippen LogP contribution in [-0.4, -0.2) is 21.6 Å². The molecule has 0 radical (unpaired) electrons. The van der Waals surface area contributed by atoms with Crippen molar-refractivity contribution >= 4 is 17.5 Å². The summed E-state index contributed by atoms with van der Waals surface area (Å²) >= 11 is 5.99. The first-order valence-corrected chi connectivity index (χ1v) is 9.05. The SMILES string of the molecule is C[C@@H](Oc1ccc(C#N)cc1)C(=O)N[C@@H](c1ccc(Cl)cc1)c1nccn1C. The quantitative estimate of drug-likeness (QED) is 0.692. The molecule has 0 fully saturated rings. The van der Waals surface area contributed by atoms with Crippen molar-refractivity contribution in [1.82, 2.24) is 14.9 Å². The van der Waals surface area contributed by atoms with E-state index in [0.717, 1.165) is 5.56 Å². The van der Waals surface area contributed by atoms with Gasteiger partial charge in [-0.05, 0) is 48.9 Å². The predicted octanol–water partition coefficient (Wildman–Crippen LogP) is 3.62. The number of ether oxygens (including phenoxy) is 1. The van der Waals surface area contributed by atoms with Gasteiger partial charge in [-0.3, -0.25) is 4.79 Å². The number of hydrogen-bond acceptors (Lipinski definition) is 4. The Kier molecular flexibility index (Phi) is 5.97. The zero-order valence-electron chi connectivity index (χ0n) is 15.5. The number of nitriles is 1. The lowest BCUT2D eigenvalue weighted by molar-refractivity contribution is -0.127. The number of imidazole rings is 1. The molecule has 0 spiro atoms. The average molecular weight is 395 g/mol. The average Bonchev–Trinajstić information content (AvgIpc) is 3.13. The highest BCUT2D eigenvalue weighted by Gasteiger charge is 2.24. The number of hydrogen-bond donors (Lipinski definition) is 1. The second-order valence-electron chi connectivity index (χ2n) is 6.29. The fourth-order valence-corrected chi connectivity index (χ4v) is 2.86. The fraction of sp³-hybridized carbons (Fsp3) is 0.190. The van der Waals surface area contributed by atoms with E-state index in [9.17, 15) is 4.79 Å². The first-order valence-electron chi connectivity index (χ1n) is 8.68. The Bertz CT molecular complexity index is 990. The molecule has 1 heterocycles. The molecule has 3 aromatic rings. The summed E-state index contributed by atoms with van der Waals surface area (Å²) in [5, 5.41) is 12.5. The van der Waals surface area contributed by atoms with Crippen LogP contribution in [0.4, 0.5) is 0 Å². The molecule has 0 bridgehead atoms. The van der Waals surface area contributed by atoms with Gasteiger partial charge in [0.1, 0.15) is 17.6 Å². The first-order chi connectivity index (χ1) is 13.5. The van der Waals surface area contributed by atoms with Gasteiger partial charge in [-0.1, -0.05) is 23.7 Å². The van der Waals surface area contributed by atoms with Crippen molar-refractivity contribution in [3.05, 3.63) is 82.9 Å². The summed E-state index contributed by atoms with van der Waals surface area (Å²) in [7, 11) is 1.87. The van der Waals surface area contributed by atoms with Crippen LogP contribution in [0.2, 0.25) is 5.02 Å². The summed E-state index contributed by atoms with van der Waals surface area (Å²) in [4.78, 5) is 17.2. The molecule has 28 heavy (non-hydrogen) atoms. The number of nitrogens with one attached hydrogen (secondary N) is 1. The van der Waals surface area contributed by atoms with Gasteiger partial charge in [-0.15, -0.1) is 0 Å². The molecule has 0 aliphatic carbocycles. The van der Waals surface area contributed by atoms with Crippen molar-refractivity contribution in [2.45, 2.75) is 19.1 Å². The molecule has 7 heteroatoms. The van der Waals surface area contributed by atoms with Gasteiger partial charge < -0.3 is 14.6 Å². The van der Waals surface area contributed by atoms with Gasteiger partial charge in [0.2, 0.25) is 0 Å². The number of rotatable bonds is 6. The smallest absolute Gasteiger partial charge is 0.261 e. The lowest BCUT2D eigenvalue weighted by atomic mass is 10.1. The standard InChI is InChI=1S/C21H19ClN4O2/c1-14(28-18-9-3-15(13-23)4-10-18)21(27)25-19(20-24-11-12-26(20)2)16-5-7-17(22)8-6-16/h3-12,14,19H,1-2H3,(H,25,27)/t14-,19+/m1/s1. The molecule has 142 valence electrons. The molecule has 0 unspecified atom stereocenters. The number of amides is 1. The lowest BCUT2D eigenvalue weighted by Gasteiger charge is -2.22. The van der Waals surface area contributed by atoms with Crippen LogP contribution in [-0.2, 0) is 11.8 Å². The number of benzene rings is 2. The van der Waals surface area contributed by atoms with Gasteiger partial charge in [0.25, 0.3) is 5.91 Å². The molecule has 1 N–H and O–H groups in total. The van der Waals surface area contributed by atoms with Crippen LogP contribution in [0.3, 0.4) is 0 Å². The predicted molar refractivity (Wildman–Crippen MR) is 106 cm³/mol. The zero-order valence-corrected chi connectivity index (χ0v) is 16.2. The summed E-state index contributed by atoms with van der Waals surface area (Å²) in [6.45, 7) is 1.67. The summed E-state index contributed by atoms with van der Waals surface area (Å²) in [6, 6.07) is 15.5. The third-order valence-electron chi connectivity index (χ3n) is 4.27. The Morgan fingerprint density at radius 1 is 1.21 bits per heavy atom. The van der Waals surface area contributed by atoms with Crippen LogP contribution < -0.4 is 10.1 Å². The maximum absolute atomic E-state index is 12.8. The van der Waals surface area contributed by atoms with E-state index in [1.807, 2.05) is 36.0 Å². The van der Waals surface area contributed by atoms with Crippen molar-refractivity contribution in [1.29, 1.82) is 5.26 Å². The Labute approximate surface area is 168 Å². The van der Waals surface area contributed by atoms with Crippen LogP contribution in [0.5, 0.6) is 5.75 Å². The highest BCUT2D eigenvalue weighted by molar-refractivity contribution is 6.30. The number of aromatic nitrogens is 2. The van der Waals surface area contributed by atoms with Crippen molar-refractivity contribution in [3.63, 3.8) is 0 Å². The second-order valence-corrected chi connectivity index (χ2v) is 6.72. The van der Waals surface area contributed by atoms with Crippen LogP contribution in [0.25, 0.3) is 0 Å². The molecule has 1 aromatic heterocycles. The molecular formula is C21H19ClN4O2. The molecule has 3 rings (SSSR count). The monoisotopic (exact) mass is 394 g/mol. The zero-order chi connectivity index (χ0) is 20.1. The Morgan fingerprint density at radius 2 is 1.89 bits per heavy atom. The first kappa shape index (κ1) is 19.5. The van der Waals surface area contributed by atoms with E-state index in [2.05, 4.69) is 10.3 Å². The largest absolute Gasteiger partial charge is 0.481 e. The molecule has 0 saturated carbocycles. The lowest BCUT2D eigenvalue weighted by Crippen LogP contribution is -2.39. The van der Waals surface area contributed by atoms with E-state index in [0.29, 0.717) is 22.2 Å². The maximum Gasteiger partial charge on any atom is 0.261 e. The molecule has 1 amide bonds. The fourth-order valence-electron chi connectivity index (χ4n) is 2.73. The summed E-state index contributed by atoms with van der Waals surface area (Å²) in [6.07, 6.45) is 2.77. The van der Waals surface area contributed by atoms with Crippen molar-refractivity contribution in [2.75, 3.05) is 0 Å². The topological polar surface area (TPSA) is 79.9 Å². The summed E-state index contributed by atoms with van der Waals surface area (Å²) < 4.78 is 7.56. The normalized spacial score (nSPS) is 12.6. The van der Waals surface area contributed by atoms with E-state index in [1.54, 1.807) is 49.5 Å². The third-order valence-corrected chi connectivity index (χ3v) is 4.52. The number of halogens is 1. The second kappa shape index (κ2) is 8.59. The Hall–Kier alpha value is -3.30. The molecule has 6 nitrogen and oxygen atoms in total. The van der Waals surface area contributed by atoms with Crippen molar-refractivity contribution < 1.29 is 9.53 Å². The Morgan fingerprint density at radius 3 is 2.46 bits per heavy atom. The molecule has 0 aliphatic heterocycles. The summed E-state index contributed by atoms with van der Waals surface area (Å²) in [5.74, 6) is 0.926. The van der Waals surface area contributed by atoms with Crippen LogP contribution in [0.15, 0.2) is 60.9 Å². The van der Waals surface area contributed by atoms with Crippen LogP contribution >= 0.6 is 11.6 Å². The van der Waals surface area contributed by atoms with Crippen LogP contribution in [0, 0.1) is 11.3 Å². The Balaban J connectivity index is 1.77. The minimum absolute atomic E-state index is 0.285. The number of nitrogens with zero attached hydrogens (tertiary/aromatic N) is 3. The molecule has 0 aliphatic rings. The number of carbonyl (C=O) groups excluding carboxylic acids is 1. The van der Waals surface area contributed by atoms with Gasteiger partial charge in [0, 0.05) is 24.5 Å². The number of aryl methyl sites for hydroxylation is 1. The van der Waals surface area contributed by atoms with Gasteiger partial charge in [-0.2, -0.15) is 5.26 Å². The van der Waals surface area contributed by atoms with Gasteiger partial charge in [-0.25, -0.2) is 4.98 Å². The highest BCUT2D eigenvalue weighted by atomic mass is 35.5. The molecule has 2 aromatic carbocycles. The van der Waals surface area contributed by atoms with E-state index in [-0.39, 0.29) is 5.91 Å². The van der Waals surface area contributed by atoms with E-state index in [4.69, 9.17) is 21.6 Å². The van der Waals surface area contributed by atoms with Crippen molar-refractivity contribution in [3.8, 4) is 11.8 Å². The van der Waals surface area contributed by atoms with Crippen LogP contribution in [0.1, 0.15) is 29.9 Å². The van der Waals surface area contributed by atoms with E-state index < -0.39 is 12.1 Å². The van der Waals surface area contributed by atoms with Gasteiger partial charge >= 0.3 is 0 Å². The van der Waals surface area contributed by atoms with E-state index in [1.165, 1.54) is 0 Å². The third kappa shape index (κ3) is 4.51. The maximum atomic E-state index is 12.8. The number of carbonyl (C=O) groups is 1. The van der Waals surface area contributed by atoms with Gasteiger partial charge in [0.05, 0.1) is 11.6 Å². The van der Waals surface area contributed by atoms with Gasteiger partial charge in [0.15, 0.2) is 6.10 Å². The molecule has 2 atom stereocenters. The minimum Gasteiger partial charge on any atom is -0.481 e. The van der Waals surface area contributed by atoms with Crippen molar-refractivity contribution in [2.24, 2.45) is 7.05 Å². The minimum atomic E-state index is -0.733. The molecule has 0 saturated heterocycles. The van der Waals surface area contributed by atoms with E-state index >= 15 is 0 Å².